The van der Waals surface area contributed by atoms with E-state index >= 15 is 0 Å². The molecule has 0 amide bonds. The van der Waals surface area contributed by atoms with Crippen molar-refractivity contribution in [2.75, 3.05) is 32.2 Å². The van der Waals surface area contributed by atoms with Crippen molar-refractivity contribution in [1.29, 1.82) is 5.26 Å². The van der Waals surface area contributed by atoms with E-state index in [1.165, 1.54) is 0 Å². The molecule has 1 unspecified atom stereocenters. The van der Waals surface area contributed by atoms with Crippen molar-refractivity contribution in [2.24, 2.45) is 0 Å². The smallest absolute Gasteiger partial charge is 0.142 e. The van der Waals surface area contributed by atoms with E-state index < -0.39 is 5.41 Å². The third-order valence-electron chi connectivity index (χ3n) is 5.10. The Kier molecular flexibility index (Phi) is 5.14. The summed E-state index contributed by atoms with van der Waals surface area (Å²) in [5.41, 5.74) is 1.69. The van der Waals surface area contributed by atoms with Gasteiger partial charge in [0, 0.05) is 13.1 Å². The number of rotatable bonds is 4. The van der Waals surface area contributed by atoms with E-state index in [1.54, 1.807) is 14.2 Å². The summed E-state index contributed by atoms with van der Waals surface area (Å²) in [6.45, 7) is 1.75. The van der Waals surface area contributed by atoms with Crippen LogP contribution in [0.1, 0.15) is 24.8 Å². The minimum atomic E-state index is -0.467. The van der Waals surface area contributed by atoms with E-state index in [0.717, 1.165) is 55.1 Å². The van der Waals surface area contributed by atoms with Crippen molar-refractivity contribution in [3.05, 3.63) is 54.1 Å². The van der Waals surface area contributed by atoms with Crippen LogP contribution in [0.2, 0.25) is 0 Å². The number of para-hydroxylation sites is 2. The first-order chi connectivity index (χ1) is 12.2. The minimum Gasteiger partial charge on any atom is -0.497 e. The molecule has 0 bridgehead atoms. The Morgan fingerprint density at radius 3 is 2.60 bits per heavy atom. The predicted molar refractivity (Wildman–Crippen MR) is 99.3 cm³/mol. The van der Waals surface area contributed by atoms with Crippen LogP contribution in [0.15, 0.2) is 48.5 Å². The lowest BCUT2D eigenvalue weighted by Gasteiger charge is -2.27. The average Bonchev–Trinajstić information content (AvgIpc) is 2.91. The van der Waals surface area contributed by atoms with E-state index in [2.05, 4.69) is 17.0 Å². The molecule has 0 aromatic heterocycles. The summed E-state index contributed by atoms with van der Waals surface area (Å²) in [5, 5.41) is 10.0. The zero-order valence-corrected chi connectivity index (χ0v) is 14.9. The molecule has 2 aromatic carbocycles. The quantitative estimate of drug-likeness (QED) is 0.841. The first kappa shape index (κ1) is 17.2. The van der Waals surface area contributed by atoms with Crippen molar-refractivity contribution in [3.8, 4) is 17.6 Å². The van der Waals surface area contributed by atoms with Gasteiger partial charge >= 0.3 is 0 Å². The Morgan fingerprint density at radius 2 is 1.84 bits per heavy atom. The number of nitrogens with zero attached hydrogens (tertiary/aromatic N) is 2. The number of methoxy groups -OCH3 is 2. The number of benzene rings is 2. The van der Waals surface area contributed by atoms with E-state index in [9.17, 15) is 5.26 Å². The highest BCUT2D eigenvalue weighted by Gasteiger charge is 2.35. The van der Waals surface area contributed by atoms with Gasteiger partial charge in [0.25, 0.3) is 0 Å². The van der Waals surface area contributed by atoms with E-state index in [-0.39, 0.29) is 0 Å². The molecular weight excluding hydrogens is 312 g/mol. The Hall–Kier alpha value is -2.67. The molecule has 1 saturated heterocycles. The highest BCUT2D eigenvalue weighted by atomic mass is 16.5. The van der Waals surface area contributed by atoms with Gasteiger partial charge in [0.15, 0.2) is 0 Å². The summed E-state index contributed by atoms with van der Waals surface area (Å²) in [6, 6.07) is 18.6. The first-order valence-electron chi connectivity index (χ1n) is 8.66. The number of nitriles is 1. The first-order valence-corrected chi connectivity index (χ1v) is 8.66. The molecule has 4 nitrogen and oxygen atoms in total. The molecule has 1 atom stereocenters. The molecular formula is C21H24N2O2. The highest BCUT2D eigenvalue weighted by Crippen LogP contribution is 2.38. The molecule has 1 heterocycles. The lowest BCUT2D eigenvalue weighted by atomic mass is 9.76. The zero-order valence-electron chi connectivity index (χ0n) is 14.9. The molecule has 1 aliphatic rings. The zero-order chi connectivity index (χ0) is 17.7. The summed E-state index contributed by atoms with van der Waals surface area (Å²) in [5.74, 6) is 1.69. The van der Waals surface area contributed by atoms with Crippen molar-refractivity contribution >= 4 is 5.69 Å². The maximum Gasteiger partial charge on any atom is 0.142 e. The number of anilines is 1. The van der Waals surface area contributed by atoms with Crippen LogP contribution in [-0.2, 0) is 5.41 Å². The average molecular weight is 336 g/mol. The summed E-state index contributed by atoms with van der Waals surface area (Å²) in [6.07, 6.45) is 2.60. The van der Waals surface area contributed by atoms with Crippen LogP contribution in [-0.4, -0.2) is 27.3 Å². The van der Waals surface area contributed by atoms with Gasteiger partial charge in [-0.25, -0.2) is 0 Å². The molecule has 25 heavy (non-hydrogen) atoms. The molecule has 1 fully saturated rings. The Labute approximate surface area is 149 Å². The highest BCUT2D eigenvalue weighted by molar-refractivity contribution is 5.58. The third kappa shape index (κ3) is 3.41. The molecule has 0 radical (unpaired) electrons. The van der Waals surface area contributed by atoms with Crippen LogP contribution in [0.25, 0.3) is 0 Å². The Morgan fingerprint density at radius 1 is 1.00 bits per heavy atom. The second kappa shape index (κ2) is 7.48. The summed E-state index contributed by atoms with van der Waals surface area (Å²) >= 11 is 0. The van der Waals surface area contributed by atoms with Crippen LogP contribution in [0.5, 0.6) is 11.5 Å². The lowest BCUT2D eigenvalue weighted by Crippen LogP contribution is -2.28. The minimum absolute atomic E-state index is 0.467. The SMILES string of the molecule is COc1cccc(C2(C#N)CCCN(c3ccccc3OC)CC2)c1. The van der Waals surface area contributed by atoms with Crippen molar-refractivity contribution in [2.45, 2.75) is 24.7 Å². The molecule has 3 rings (SSSR count). The summed E-state index contributed by atoms with van der Waals surface area (Å²) in [7, 11) is 3.36. The molecule has 0 spiro atoms. The largest absolute Gasteiger partial charge is 0.497 e. The van der Waals surface area contributed by atoms with Gasteiger partial charge in [-0.3, -0.25) is 0 Å². The predicted octanol–water partition coefficient (Wildman–Crippen LogP) is 4.16. The van der Waals surface area contributed by atoms with Gasteiger partial charge < -0.3 is 14.4 Å². The lowest BCUT2D eigenvalue weighted by molar-refractivity contribution is 0.411. The van der Waals surface area contributed by atoms with Crippen molar-refractivity contribution < 1.29 is 9.47 Å². The van der Waals surface area contributed by atoms with Crippen LogP contribution < -0.4 is 14.4 Å². The van der Waals surface area contributed by atoms with E-state index in [1.807, 2.05) is 42.5 Å². The summed E-state index contributed by atoms with van der Waals surface area (Å²) in [4.78, 5) is 2.33. The Bertz CT molecular complexity index is 768. The van der Waals surface area contributed by atoms with Gasteiger partial charge in [0.05, 0.1) is 31.4 Å². The molecule has 0 N–H and O–H groups in total. The molecule has 0 aliphatic carbocycles. The van der Waals surface area contributed by atoms with Gasteiger partial charge in [-0.1, -0.05) is 24.3 Å². The van der Waals surface area contributed by atoms with Crippen LogP contribution >= 0.6 is 0 Å². The van der Waals surface area contributed by atoms with Crippen molar-refractivity contribution in [3.63, 3.8) is 0 Å². The molecule has 130 valence electrons. The topological polar surface area (TPSA) is 45.5 Å². The van der Waals surface area contributed by atoms with Gasteiger partial charge in [-0.15, -0.1) is 0 Å². The second-order valence-corrected chi connectivity index (χ2v) is 6.44. The number of ether oxygens (including phenoxy) is 2. The molecule has 4 heteroatoms. The van der Waals surface area contributed by atoms with Gasteiger partial charge in [0.2, 0.25) is 0 Å². The fraction of sp³-hybridized carbons (Fsp3) is 0.381. The second-order valence-electron chi connectivity index (χ2n) is 6.44. The number of hydrogen-bond donors (Lipinski definition) is 0. The standard InChI is InChI=1S/C21H24N2O2/c1-24-18-8-5-7-17(15-18)21(16-22)11-6-13-23(14-12-21)19-9-3-4-10-20(19)25-2/h3-5,7-10,15H,6,11-14H2,1-2H3. The van der Waals surface area contributed by atoms with Gasteiger partial charge in [-0.2, -0.15) is 5.26 Å². The van der Waals surface area contributed by atoms with Crippen LogP contribution in [0.4, 0.5) is 5.69 Å². The van der Waals surface area contributed by atoms with Crippen LogP contribution in [0, 0.1) is 11.3 Å². The molecule has 2 aromatic rings. The van der Waals surface area contributed by atoms with Gasteiger partial charge in [0.1, 0.15) is 11.5 Å². The van der Waals surface area contributed by atoms with E-state index in [0.29, 0.717) is 0 Å². The van der Waals surface area contributed by atoms with E-state index in [4.69, 9.17) is 9.47 Å². The normalized spacial score (nSPS) is 20.4. The van der Waals surface area contributed by atoms with Gasteiger partial charge in [-0.05, 0) is 49.1 Å². The maximum absolute atomic E-state index is 10.0. The van der Waals surface area contributed by atoms with Crippen LogP contribution in [0.3, 0.4) is 0 Å². The number of hydrogen-bond acceptors (Lipinski definition) is 4. The van der Waals surface area contributed by atoms with Crippen molar-refractivity contribution in [1.82, 2.24) is 0 Å². The Balaban J connectivity index is 1.87. The fourth-order valence-electron chi connectivity index (χ4n) is 3.65. The summed E-state index contributed by atoms with van der Waals surface area (Å²) < 4.78 is 10.9. The third-order valence-corrected chi connectivity index (χ3v) is 5.10. The maximum atomic E-state index is 10.0. The monoisotopic (exact) mass is 336 g/mol. The molecule has 1 aliphatic heterocycles. The molecule has 0 saturated carbocycles. The fourth-order valence-corrected chi connectivity index (χ4v) is 3.65.